The second-order valence-corrected chi connectivity index (χ2v) is 6.00. The molecular formula is C19H26O2. The summed E-state index contributed by atoms with van der Waals surface area (Å²) in [6.45, 7) is 10.4. The summed E-state index contributed by atoms with van der Waals surface area (Å²) in [6.07, 6.45) is 6.30. The van der Waals surface area contributed by atoms with Gasteiger partial charge in [0.05, 0.1) is 6.42 Å². The van der Waals surface area contributed by atoms with Gasteiger partial charge in [0, 0.05) is 0 Å². The summed E-state index contributed by atoms with van der Waals surface area (Å²) in [5, 5.41) is 0. The number of hydrogen-bond donors (Lipinski definition) is 0. The van der Waals surface area contributed by atoms with Crippen LogP contribution in [0.2, 0.25) is 0 Å². The Morgan fingerprint density at radius 1 is 1.29 bits per heavy atom. The molecule has 1 rings (SSSR count). The minimum absolute atomic E-state index is 0.168. The quantitative estimate of drug-likeness (QED) is 0.493. The van der Waals surface area contributed by atoms with Crippen LogP contribution in [0.1, 0.15) is 45.6 Å². The average Bonchev–Trinajstić information content (AvgIpc) is 2.46. The van der Waals surface area contributed by atoms with E-state index in [2.05, 4.69) is 33.4 Å². The first-order valence-corrected chi connectivity index (χ1v) is 7.42. The Morgan fingerprint density at radius 2 is 1.95 bits per heavy atom. The fourth-order valence-corrected chi connectivity index (χ4v) is 2.07. The lowest BCUT2D eigenvalue weighted by Gasteiger charge is -2.24. The zero-order valence-electron chi connectivity index (χ0n) is 13.4. The monoisotopic (exact) mass is 286 g/mol. The summed E-state index contributed by atoms with van der Waals surface area (Å²) >= 11 is 0. The fraction of sp³-hybridized carbons (Fsp3) is 0.421. The van der Waals surface area contributed by atoms with Gasteiger partial charge in [0.2, 0.25) is 0 Å². The van der Waals surface area contributed by atoms with Gasteiger partial charge in [-0.25, -0.2) is 0 Å². The largest absolute Gasteiger partial charge is 0.461 e. The Bertz CT molecular complexity index is 484. The molecule has 0 aromatic heterocycles. The molecule has 1 aromatic rings. The van der Waals surface area contributed by atoms with Gasteiger partial charge in [-0.05, 0) is 37.7 Å². The van der Waals surface area contributed by atoms with Crippen molar-refractivity contribution in [2.45, 2.75) is 46.6 Å². The molecule has 0 aliphatic heterocycles. The second kappa shape index (κ2) is 8.46. The molecule has 114 valence electrons. The molecule has 1 atom stereocenters. The number of hydrogen-bond acceptors (Lipinski definition) is 2. The van der Waals surface area contributed by atoms with Crippen molar-refractivity contribution in [2.24, 2.45) is 5.41 Å². The van der Waals surface area contributed by atoms with E-state index >= 15 is 0 Å². The van der Waals surface area contributed by atoms with Crippen LogP contribution in [-0.4, -0.2) is 5.97 Å². The second-order valence-electron chi connectivity index (χ2n) is 6.00. The first-order valence-electron chi connectivity index (χ1n) is 7.42. The molecule has 0 radical (unpaired) electrons. The van der Waals surface area contributed by atoms with Crippen LogP contribution in [0.4, 0.5) is 0 Å². The summed E-state index contributed by atoms with van der Waals surface area (Å²) in [4.78, 5) is 12.0. The van der Waals surface area contributed by atoms with Crippen molar-refractivity contribution in [1.82, 2.24) is 0 Å². The minimum atomic E-state index is -0.209. The van der Waals surface area contributed by atoms with Gasteiger partial charge in [-0.1, -0.05) is 55.0 Å². The van der Waals surface area contributed by atoms with Gasteiger partial charge in [-0.15, -0.1) is 6.58 Å². The number of rotatable bonds is 8. The van der Waals surface area contributed by atoms with Crippen LogP contribution >= 0.6 is 0 Å². The smallest absolute Gasteiger partial charge is 0.306 e. The number of carbonyl (C=O) groups excluding carboxylic acids is 1. The maximum absolute atomic E-state index is 12.0. The third-order valence-electron chi connectivity index (χ3n) is 3.55. The van der Waals surface area contributed by atoms with Crippen LogP contribution in [0.25, 0.3) is 0 Å². The number of allylic oxidation sites excluding steroid dienone is 3. The molecule has 0 bridgehead atoms. The minimum Gasteiger partial charge on any atom is -0.461 e. The molecular weight excluding hydrogens is 260 g/mol. The third-order valence-corrected chi connectivity index (χ3v) is 3.55. The molecule has 2 nitrogen and oxygen atoms in total. The molecule has 0 saturated heterocycles. The van der Waals surface area contributed by atoms with Gasteiger partial charge >= 0.3 is 5.97 Å². The lowest BCUT2D eigenvalue weighted by Crippen LogP contribution is -2.20. The molecule has 0 N–H and O–H groups in total. The van der Waals surface area contributed by atoms with Gasteiger partial charge in [-0.2, -0.15) is 0 Å². The fourth-order valence-electron chi connectivity index (χ4n) is 2.07. The van der Waals surface area contributed by atoms with Gasteiger partial charge in [0.1, 0.15) is 6.61 Å². The van der Waals surface area contributed by atoms with E-state index in [0.29, 0.717) is 13.0 Å². The summed E-state index contributed by atoms with van der Waals surface area (Å²) in [5.41, 5.74) is 2.10. The van der Waals surface area contributed by atoms with Crippen LogP contribution in [-0.2, 0) is 16.1 Å². The average molecular weight is 286 g/mol. The lowest BCUT2D eigenvalue weighted by atomic mass is 9.82. The van der Waals surface area contributed by atoms with Crippen LogP contribution in [0.5, 0.6) is 0 Å². The van der Waals surface area contributed by atoms with Gasteiger partial charge in [-0.3, -0.25) is 4.79 Å². The van der Waals surface area contributed by atoms with Crippen molar-refractivity contribution in [3.63, 3.8) is 0 Å². The highest BCUT2D eigenvalue weighted by atomic mass is 16.5. The molecule has 21 heavy (non-hydrogen) atoms. The lowest BCUT2D eigenvalue weighted by molar-refractivity contribution is -0.146. The molecule has 0 aliphatic rings. The zero-order chi connectivity index (χ0) is 15.7. The molecule has 0 unspecified atom stereocenters. The predicted octanol–water partition coefficient (Wildman–Crippen LogP) is 5.06. The third kappa shape index (κ3) is 6.94. The predicted molar refractivity (Wildman–Crippen MR) is 87.8 cm³/mol. The van der Waals surface area contributed by atoms with Crippen molar-refractivity contribution in [2.75, 3.05) is 0 Å². The van der Waals surface area contributed by atoms with E-state index in [0.717, 1.165) is 18.4 Å². The van der Waals surface area contributed by atoms with Crippen LogP contribution in [0, 0.1) is 5.41 Å². The Morgan fingerprint density at radius 3 is 2.52 bits per heavy atom. The molecule has 0 heterocycles. The summed E-state index contributed by atoms with van der Waals surface area (Å²) in [6, 6.07) is 9.74. The molecule has 2 heteroatoms. The van der Waals surface area contributed by atoms with E-state index in [-0.39, 0.29) is 11.4 Å². The Labute approximate surface area is 128 Å². The highest BCUT2D eigenvalue weighted by molar-refractivity contribution is 5.70. The standard InChI is InChI=1S/C19H26O2/c1-5-19(4,13-9-10-16(2)3)14-18(20)21-15-17-11-7-6-8-12-17/h5-8,10-12H,1,9,13-15H2,2-4H3/t19-/m0/s1. The summed E-state index contributed by atoms with van der Waals surface area (Å²) in [7, 11) is 0. The molecule has 0 fully saturated rings. The van der Waals surface area contributed by atoms with E-state index in [1.807, 2.05) is 36.4 Å². The molecule has 0 amide bonds. The van der Waals surface area contributed by atoms with Gasteiger partial charge in [0.25, 0.3) is 0 Å². The molecule has 0 spiro atoms. The van der Waals surface area contributed by atoms with Crippen LogP contribution in [0.15, 0.2) is 54.6 Å². The van der Waals surface area contributed by atoms with Gasteiger partial charge < -0.3 is 4.74 Å². The highest BCUT2D eigenvalue weighted by Gasteiger charge is 2.24. The topological polar surface area (TPSA) is 26.3 Å². The molecule has 0 aliphatic carbocycles. The van der Waals surface area contributed by atoms with Crippen molar-refractivity contribution >= 4 is 5.97 Å². The molecule has 1 aromatic carbocycles. The first-order chi connectivity index (χ1) is 9.95. The first kappa shape index (κ1) is 17.2. The number of carbonyl (C=O) groups is 1. The van der Waals surface area contributed by atoms with E-state index in [4.69, 9.17) is 4.74 Å². The van der Waals surface area contributed by atoms with E-state index in [9.17, 15) is 4.79 Å². The molecule has 0 saturated carbocycles. The van der Waals surface area contributed by atoms with Crippen LogP contribution < -0.4 is 0 Å². The van der Waals surface area contributed by atoms with E-state index in [1.165, 1.54) is 5.57 Å². The van der Waals surface area contributed by atoms with Crippen molar-refractivity contribution in [3.8, 4) is 0 Å². The number of benzene rings is 1. The zero-order valence-corrected chi connectivity index (χ0v) is 13.4. The van der Waals surface area contributed by atoms with E-state index in [1.54, 1.807) is 0 Å². The van der Waals surface area contributed by atoms with Crippen molar-refractivity contribution < 1.29 is 9.53 Å². The Balaban J connectivity index is 2.46. The SMILES string of the molecule is C=C[C@@](C)(CCC=C(C)C)CC(=O)OCc1ccccc1. The Kier molecular flexibility index (Phi) is 6.93. The highest BCUT2D eigenvalue weighted by Crippen LogP contribution is 2.30. The van der Waals surface area contributed by atoms with Crippen molar-refractivity contribution in [1.29, 1.82) is 0 Å². The maximum Gasteiger partial charge on any atom is 0.306 e. The van der Waals surface area contributed by atoms with Crippen molar-refractivity contribution in [3.05, 3.63) is 60.2 Å². The normalized spacial score (nSPS) is 13.1. The maximum atomic E-state index is 12.0. The van der Waals surface area contributed by atoms with Crippen LogP contribution in [0.3, 0.4) is 0 Å². The summed E-state index contributed by atoms with van der Waals surface area (Å²) < 4.78 is 5.35. The summed E-state index contributed by atoms with van der Waals surface area (Å²) in [5.74, 6) is -0.168. The Hall–Kier alpha value is -1.83. The van der Waals surface area contributed by atoms with Gasteiger partial charge in [0.15, 0.2) is 0 Å². The van der Waals surface area contributed by atoms with E-state index < -0.39 is 0 Å². The number of esters is 1. The number of ether oxygens (including phenoxy) is 1.